The highest BCUT2D eigenvalue weighted by Crippen LogP contribution is 2.43. The molecule has 0 unspecified atom stereocenters. The summed E-state index contributed by atoms with van der Waals surface area (Å²) >= 11 is 0. The quantitative estimate of drug-likeness (QED) is 0.572. The first-order valence-electron chi connectivity index (χ1n) is 5.60. The average molecular weight is 228 g/mol. The van der Waals surface area contributed by atoms with E-state index < -0.39 is 0 Å². The third-order valence-electron chi connectivity index (χ3n) is 3.19. The summed E-state index contributed by atoms with van der Waals surface area (Å²) in [5.74, 6) is 4.56. The fourth-order valence-corrected chi connectivity index (χ4v) is 2.21. The van der Waals surface area contributed by atoms with Gasteiger partial charge < -0.3 is 9.47 Å². The number of fused-ring (bicyclic) bond motifs is 1. The van der Waals surface area contributed by atoms with Crippen LogP contribution >= 0.6 is 0 Å². The predicted octanol–water partition coefficient (Wildman–Crippen LogP) is 3.00. The van der Waals surface area contributed by atoms with Crippen molar-refractivity contribution in [2.24, 2.45) is 5.92 Å². The van der Waals surface area contributed by atoms with Gasteiger partial charge in [-0.25, -0.2) is 0 Å². The second-order valence-corrected chi connectivity index (χ2v) is 4.29. The molecule has 0 saturated carbocycles. The highest BCUT2D eigenvalue weighted by atomic mass is 16.5. The molecule has 0 spiro atoms. The van der Waals surface area contributed by atoms with Crippen LogP contribution in [0.25, 0.3) is 0 Å². The van der Waals surface area contributed by atoms with E-state index in [-0.39, 0.29) is 11.8 Å². The third kappa shape index (κ3) is 1.89. The van der Waals surface area contributed by atoms with Gasteiger partial charge in [0.1, 0.15) is 0 Å². The van der Waals surface area contributed by atoms with Gasteiger partial charge in [-0.05, 0) is 13.0 Å². The minimum Gasteiger partial charge on any atom is -0.493 e. The highest BCUT2D eigenvalue weighted by molar-refractivity contribution is 5.52. The molecule has 88 valence electrons. The Balaban J connectivity index is 2.50. The van der Waals surface area contributed by atoms with Crippen LogP contribution in [0.15, 0.2) is 30.4 Å². The van der Waals surface area contributed by atoms with Crippen molar-refractivity contribution in [1.29, 1.82) is 0 Å². The van der Waals surface area contributed by atoms with E-state index in [1.54, 1.807) is 7.11 Å². The maximum atomic E-state index is 5.77. The molecule has 2 rings (SSSR count). The van der Waals surface area contributed by atoms with E-state index in [1.807, 2.05) is 25.1 Å². The number of benzene rings is 1. The molecule has 17 heavy (non-hydrogen) atoms. The van der Waals surface area contributed by atoms with Gasteiger partial charge in [-0.1, -0.05) is 30.2 Å². The molecule has 0 aromatic heterocycles. The largest absolute Gasteiger partial charge is 0.493 e. The summed E-state index contributed by atoms with van der Waals surface area (Å²) in [6.07, 6.45) is 5.65. The van der Waals surface area contributed by atoms with E-state index in [4.69, 9.17) is 15.9 Å². The molecule has 0 bridgehead atoms. The van der Waals surface area contributed by atoms with Gasteiger partial charge in [-0.2, -0.15) is 0 Å². The molecule has 0 N–H and O–H groups in total. The van der Waals surface area contributed by atoms with Crippen LogP contribution in [0.4, 0.5) is 0 Å². The second-order valence-electron chi connectivity index (χ2n) is 4.29. The fourth-order valence-electron chi connectivity index (χ4n) is 2.21. The number of terminal acetylenes is 1. The van der Waals surface area contributed by atoms with Crippen molar-refractivity contribution in [1.82, 2.24) is 0 Å². The van der Waals surface area contributed by atoms with Crippen molar-refractivity contribution >= 4 is 0 Å². The molecule has 1 aliphatic rings. The van der Waals surface area contributed by atoms with Crippen molar-refractivity contribution in [3.63, 3.8) is 0 Å². The maximum Gasteiger partial charge on any atom is 0.165 e. The van der Waals surface area contributed by atoms with Crippen LogP contribution in [0, 0.1) is 18.3 Å². The monoisotopic (exact) mass is 228 g/mol. The molecular formula is C15H16O2. The van der Waals surface area contributed by atoms with Crippen molar-refractivity contribution in [2.45, 2.75) is 12.8 Å². The normalized spacial score (nSPS) is 21.9. The van der Waals surface area contributed by atoms with Crippen LogP contribution < -0.4 is 9.47 Å². The molecule has 0 aliphatic carbocycles. The van der Waals surface area contributed by atoms with Gasteiger partial charge in [0.05, 0.1) is 19.6 Å². The van der Waals surface area contributed by atoms with E-state index in [9.17, 15) is 0 Å². The molecule has 1 aromatic rings. The van der Waals surface area contributed by atoms with Crippen LogP contribution in [-0.2, 0) is 0 Å². The van der Waals surface area contributed by atoms with Gasteiger partial charge in [0, 0.05) is 11.5 Å². The Hall–Kier alpha value is -1.88. The molecule has 2 heteroatoms. The molecule has 0 radical (unpaired) electrons. The molecule has 1 heterocycles. The van der Waals surface area contributed by atoms with E-state index in [0.29, 0.717) is 6.61 Å². The van der Waals surface area contributed by atoms with Gasteiger partial charge in [0.2, 0.25) is 0 Å². The number of hydrogen-bond acceptors (Lipinski definition) is 2. The number of methoxy groups -OCH3 is 1. The Morgan fingerprint density at radius 2 is 2.35 bits per heavy atom. The molecule has 2 nitrogen and oxygen atoms in total. The van der Waals surface area contributed by atoms with Crippen LogP contribution in [0.1, 0.15) is 18.4 Å². The molecule has 0 amide bonds. The van der Waals surface area contributed by atoms with Gasteiger partial charge in [0.25, 0.3) is 0 Å². The SMILES string of the molecule is C#C[C@@H]1c2cccc(OC)c2OC[C@@H]1C(=C)C. The Labute approximate surface area is 102 Å². The molecular weight excluding hydrogens is 212 g/mol. The average Bonchev–Trinajstić information content (AvgIpc) is 2.36. The Morgan fingerprint density at radius 1 is 1.59 bits per heavy atom. The van der Waals surface area contributed by atoms with E-state index in [0.717, 1.165) is 22.6 Å². The predicted molar refractivity (Wildman–Crippen MR) is 68.4 cm³/mol. The first-order valence-corrected chi connectivity index (χ1v) is 5.60. The van der Waals surface area contributed by atoms with Crippen molar-refractivity contribution in [3.8, 4) is 23.8 Å². The number of ether oxygens (including phenoxy) is 2. The summed E-state index contributed by atoms with van der Waals surface area (Å²) in [4.78, 5) is 0. The van der Waals surface area contributed by atoms with Crippen LogP contribution in [-0.4, -0.2) is 13.7 Å². The summed E-state index contributed by atoms with van der Waals surface area (Å²) in [6.45, 7) is 6.54. The van der Waals surface area contributed by atoms with Gasteiger partial charge in [-0.3, -0.25) is 0 Å². The third-order valence-corrected chi connectivity index (χ3v) is 3.19. The van der Waals surface area contributed by atoms with E-state index in [1.165, 1.54) is 0 Å². The summed E-state index contributed by atoms with van der Waals surface area (Å²) in [5.41, 5.74) is 2.08. The van der Waals surface area contributed by atoms with Gasteiger partial charge in [-0.15, -0.1) is 6.42 Å². The van der Waals surface area contributed by atoms with Gasteiger partial charge >= 0.3 is 0 Å². The van der Waals surface area contributed by atoms with Crippen molar-refractivity contribution in [3.05, 3.63) is 35.9 Å². The molecule has 1 aliphatic heterocycles. The Morgan fingerprint density at radius 3 is 2.94 bits per heavy atom. The standard InChI is InChI=1S/C15H16O2/c1-5-11-12-7-6-8-14(16-4)15(12)17-9-13(11)10(2)3/h1,6-8,11,13H,2,9H2,3-4H3/t11-,13-/m1/s1. The minimum atomic E-state index is 0.0198. The molecule has 0 saturated heterocycles. The lowest BCUT2D eigenvalue weighted by molar-refractivity contribution is 0.221. The molecule has 0 fully saturated rings. The zero-order valence-electron chi connectivity index (χ0n) is 10.2. The molecule has 2 atom stereocenters. The fraction of sp³-hybridized carbons (Fsp3) is 0.333. The first kappa shape index (κ1) is 11.6. The first-order chi connectivity index (χ1) is 8.19. The summed E-state index contributed by atoms with van der Waals surface area (Å²) < 4.78 is 11.1. The Kier molecular flexibility index (Phi) is 3.10. The van der Waals surface area contributed by atoms with Gasteiger partial charge in [0.15, 0.2) is 11.5 Å². The molecule has 1 aromatic carbocycles. The zero-order valence-corrected chi connectivity index (χ0v) is 10.2. The lowest BCUT2D eigenvalue weighted by atomic mass is 9.81. The van der Waals surface area contributed by atoms with E-state index in [2.05, 4.69) is 12.5 Å². The zero-order chi connectivity index (χ0) is 12.4. The minimum absolute atomic E-state index is 0.0198. The second kappa shape index (κ2) is 4.55. The number of hydrogen-bond donors (Lipinski definition) is 0. The number of rotatable bonds is 2. The van der Waals surface area contributed by atoms with Crippen LogP contribution in [0.2, 0.25) is 0 Å². The Bertz CT molecular complexity index is 482. The topological polar surface area (TPSA) is 18.5 Å². The summed E-state index contributed by atoms with van der Waals surface area (Å²) in [5, 5.41) is 0. The lowest BCUT2D eigenvalue weighted by Crippen LogP contribution is -2.26. The maximum absolute atomic E-state index is 5.77. The number of para-hydroxylation sites is 1. The highest BCUT2D eigenvalue weighted by Gasteiger charge is 2.31. The van der Waals surface area contributed by atoms with Crippen molar-refractivity contribution < 1.29 is 9.47 Å². The smallest absolute Gasteiger partial charge is 0.165 e. The van der Waals surface area contributed by atoms with Crippen molar-refractivity contribution in [2.75, 3.05) is 13.7 Å². The van der Waals surface area contributed by atoms with E-state index >= 15 is 0 Å². The van der Waals surface area contributed by atoms with Crippen LogP contribution in [0.5, 0.6) is 11.5 Å². The summed E-state index contributed by atoms with van der Waals surface area (Å²) in [7, 11) is 1.63. The summed E-state index contributed by atoms with van der Waals surface area (Å²) in [6, 6.07) is 5.82. The lowest BCUT2D eigenvalue weighted by Gasteiger charge is -2.31. The van der Waals surface area contributed by atoms with Crippen LogP contribution in [0.3, 0.4) is 0 Å².